The van der Waals surface area contributed by atoms with Crippen molar-refractivity contribution >= 4 is 17.0 Å². The van der Waals surface area contributed by atoms with E-state index in [1.165, 1.54) is 11.3 Å². The average molecular weight is 246 g/mol. The summed E-state index contributed by atoms with van der Waals surface area (Å²) in [6.07, 6.45) is 4.74. The molecule has 3 fully saturated rings. The van der Waals surface area contributed by atoms with E-state index in [-0.39, 0.29) is 11.2 Å². The summed E-state index contributed by atoms with van der Waals surface area (Å²) in [4.78, 5) is 23.4. The van der Waals surface area contributed by atoms with Crippen molar-refractivity contribution in [3.63, 3.8) is 0 Å². The molecule has 2 heterocycles. The molecule has 0 spiro atoms. The predicted octanol–water partition coefficient (Wildman–Crippen LogP) is -0.0615. The van der Waals surface area contributed by atoms with E-state index >= 15 is 0 Å². The second-order valence-corrected chi connectivity index (χ2v) is 5.48. The molecule has 0 amide bonds. The topological polar surface area (TPSA) is 92.8 Å². The molecule has 7 nitrogen and oxygen atoms in total. The molecule has 18 heavy (non-hydrogen) atoms. The lowest BCUT2D eigenvalue weighted by molar-refractivity contribution is -0.0884. The minimum atomic E-state index is -0.105. The van der Waals surface area contributed by atoms with Crippen LogP contribution in [-0.2, 0) is 5.54 Å². The lowest BCUT2D eigenvalue weighted by Crippen LogP contribution is -2.61. The third kappa shape index (κ3) is 1.01. The number of aromatic nitrogens is 4. The predicted molar refractivity (Wildman–Crippen MR) is 66.1 cm³/mol. The standard InChI is InChI=1S/C11H14N6O/c1-16(12)8-7-9(14-5-13-8)17(10(18)15-7)11-2-6(3-11)4-11/h5-6H,2-4,12H2,1H3,(H,15,18). The fourth-order valence-electron chi connectivity index (χ4n) is 3.32. The van der Waals surface area contributed by atoms with Crippen molar-refractivity contribution in [1.82, 2.24) is 19.5 Å². The molecule has 0 radical (unpaired) electrons. The molecular formula is C11H14N6O. The van der Waals surface area contributed by atoms with Crippen molar-refractivity contribution in [2.24, 2.45) is 11.8 Å². The average Bonchev–Trinajstić information content (AvgIpc) is 2.51. The Morgan fingerprint density at radius 1 is 1.50 bits per heavy atom. The van der Waals surface area contributed by atoms with Gasteiger partial charge in [0.25, 0.3) is 0 Å². The molecular weight excluding hydrogens is 232 g/mol. The molecule has 3 aliphatic rings. The van der Waals surface area contributed by atoms with Gasteiger partial charge in [0.15, 0.2) is 11.5 Å². The van der Waals surface area contributed by atoms with Crippen LogP contribution in [-0.4, -0.2) is 26.6 Å². The van der Waals surface area contributed by atoms with Crippen LogP contribution in [0.4, 0.5) is 5.82 Å². The minimum absolute atomic E-state index is 0.0127. The zero-order valence-electron chi connectivity index (χ0n) is 10.1. The largest absolute Gasteiger partial charge is 0.328 e. The van der Waals surface area contributed by atoms with Crippen LogP contribution in [0.5, 0.6) is 0 Å². The van der Waals surface area contributed by atoms with E-state index in [1.807, 2.05) is 0 Å². The summed E-state index contributed by atoms with van der Waals surface area (Å²) in [6.45, 7) is 0. The number of nitrogens with one attached hydrogen (secondary N) is 1. The number of H-pyrrole nitrogens is 1. The van der Waals surface area contributed by atoms with Crippen LogP contribution in [0.3, 0.4) is 0 Å². The highest BCUT2D eigenvalue weighted by molar-refractivity contribution is 5.83. The second kappa shape index (κ2) is 2.92. The molecule has 3 N–H and O–H groups in total. The number of hydrogen-bond acceptors (Lipinski definition) is 5. The molecule has 0 aromatic carbocycles. The number of hydrazine groups is 1. The molecule has 0 saturated heterocycles. The van der Waals surface area contributed by atoms with Crippen LogP contribution >= 0.6 is 0 Å². The molecule has 5 rings (SSSR count). The van der Waals surface area contributed by atoms with Crippen molar-refractivity contribution in [2.75, 3.05) is 12.1 Å². The number of rotatable bonds is 2. The van der Waals surface area contributed by atoms with Crippen LogP contribution in [0.1, 0.15) is 19.3 Å². The van der Waals surface area contributed by atoms with Gasteiger partial charge < -0.3 is 4.98 Å². The van der Waals surface area contributed by atoms with Crippen LogP contribution in [0.15, 0.2) is 11.1 Å². The number of nitrogens with two attached hydrogens (primary N) is 1. The van der Waals surface area contributed by atoms with E-state index in [1.54, 1.807) is 11.6 Å². The van der Waals surface area contributed by atoms with Crippen LogP contribution in [0.2, 0.25) is 0 Å². The van der Waals surface area contributed by atoms with E-state index in [2.05, 4.69) is 15.0 Å². The molecule has 7 heteroatoms. The third-order valence-electron chi connectivity index (χ3n) is 4.27. The van der Waals surface area contributed by atoms with Gasteiger partial charge in [0.05, 0.1) is 5.54 Å². The summed E-state index contributed by atoms with van der Waals surface area (Å²) in [6, 6.07) is 0. The van der Waals surface area contributed by atoms with Gasteiger partial charge in [-0.25, -0.2) is 20.6 Å². The van der Waals surface area contributed by atoms with Crippen LogP contribution < -0.4 is 16.5 Å². The second-order valence-electron chi connectivity index (χ2n) is 5.48. The van der Waals surface area contributed by atoms with Gasteiger partial charge in [-0.2, -0.15) is 0 Å². The van der Waals surface area contributed by atoms with Crippen molar-refractivity contribution in [1.29, 1.82) is 0 Å². The first-order chi connectivity index (χ1) is 8.61. The fourth-order valence-corrected chi connectivity index (χ4v) is 3.32. The first kappa shape index (κ1) is 10.1. The number of fused-ring (bicyclic) bond motifs is 1. The van der Waals surface area contributed by atoms with Crippen molar-refractivity contribution in [3.05, 3.63) is 16.8 Å². The molecule has 0 unspecified atom stereocenters. The maximum atomic E-state index is 12.2. The molecule has 3 aliphatic carbocycles. The van der Waals surface area contributed by atoms with Gasteiger partial charge in [-0.05, 0) is 25.2 Å². The Labute approximate surface area is 103 Å². The Hall–Kier alpha value is -1.89. The van der Waals surface area contributed by atoms with Gasteiger partial charge in [-0.15, -0.1) is 0 Å². The lowest BCUT2D eigenvalue weighted by atomic mass is 9.49. The van der Waals surface area contributed by atoms with Crippen molar-refractivity contribution in [2.45, 2.75) is 24.8 Å². The van der Waals surface area contributed by atoms with Crippen LogP contribution in [0, 0.1) is 5.92 Å². The fraction of sp³-hybridized carbons (Fsp3) is 0.545. The van der Waals surface area contributed by atoms with Gasteiger partial charge in [0, 0.05) is 7.05 Å². The van der Waals surface area contributed by atoms with Crippen LogP contribution in [0.25, 0.3) is 11.2 Å². The summed E-state index contributed by atoms with van der Waals surface area (Å²) in [7, 11) is 1.69. The molecule has 0 atom stereocenters. The molecule has 0 aliphatic heterocycles. The molecule has 3 saturated carbocycles. The summed E-state index contributed by atoms with van der Waals surface area (Å²) < 4.78 is 1.80. The van der Waals surface area contributed by atoms with E-state index in [4.69, 9.17) is 5.84 Å². The smallest absolute Gasteiger partial charge is 0.301 e. The molecule has 2 bridgehead atoms. The van der Waals surface area contributed by atoms with E-state index in [0.717, 1.165) is 25.2 Å². The van der Waals surface area contributed by atoms with E-state index in [9.17, 15) is 4.79 Å². The Morgan fingerprint density at radius 3 is 2.78 bits per heavy atom. The lowest BCUT2D eigenvalue weighted by Gasteiger charge is -2.61. The zero-order chi connectivity index (χ0) is 12.5. The maximum absolute atomic E-state index is 12.2. The highest BCUT2D eigenvalue weighted by Crippen LogP contribution is 2.62. The Morgan fingerprint density at radius 2 is 2.22 bits per heavy atom. The Bertz CT molecular complexity index is 682. The summed E-state index contributed by atoms with van der Waals surface area (Å²) in [5.41, 5.74) is 1.20. The highest BCUT2D eigenvalue weighted by atomic mass is 16.1. The number of anilines is 1. The Kier molecular flexibility index (Phi) is 1.63. The number of nitrogens with zero attached hydrogens (tertiary/aromatic N) is 4. The zero-order valence-corrected chi connectivity index (χ0v) is 10.1. The monoisotopic (exact) mass is 246 g/mol. The Balaban J connectivity index is 2.01. The quantitative estimate of drug-likeness (QED) is 0.572. The van der Waals surface area contributed by atoms with Gasteiger partial charge >= 0.3 is 5.69 Å². The van der Waals surface area contributed by atoms with Gasteiger partial charge in [-0.3, -0.25) is 9.58 Å². The van der Waals surface area contributed by atoms with E-state index < -0.39 is 0 Å². The van der Waals surface area contributed by atoms with Gasteiger partial charge in [-0.1, -0.05) is 0 Å². The first-order valence-corrected chi connectivity index (χ1v) is 6.05. The maximum Gasteiger partial charge on any atom is 0.328 e. The highest BCUT2D eigenvalue weighted by Gasteiger charge is 2.59. The number of imidazole rings is 1. The summed E-state index contributed by atoms with van der Waals surface area (Å²) in [5.74, 6) is 7.07. The summed E-state index contributed by atoms with van der Waals surface area (Å²) >= 11 is 0. The van der Waals surface area contributed by atoms with Crippen molar-refractivity contribution < 1.29 is 0 Å². The third-order valence-corrected chi connectivity index (χ3v) is 4.27. The molecule has 2 aromatic rings. The number of aromatic amines is 1. The van der Waals surface area contributed by atoms with E-state index in [0.29, 0.717) is 17.0 Å². The normalized spacial score (nSPS) is 28.9. The summed E-state index contributed by atoms with van der Waals surface area (Å²) in [5, 5.41) is 1.40. The number of hydrogen-bond donors (Lipinski definition) is 2. The first-order valence-electron chi connectivity index (χ1n) is 6.05. The van der Waals surface area contributed by atoms with Gasteiger partial charge in [0.2, 0.25) is 0 Å². The molecule has 2 aromatic heterocycles. The molecule has 94 valence electrons. The van der Waals surface area contributed by atoms with Gasteiger partial charge in [0.1, 0.15) is 11.8 Å². The minimum Gasteiger partial charge on any atom is -0.301 e. The van der Waals surface area contributed by atoms with Crippen molar-refractivity contribution in [3.8, 4) is 0 Å². The SMILES string of the molecule is CN(N)c1ncnc2c1[nH]c(=O)n2C12CC(C1)C2.